The van der Waals surface area contributed by atoms with Gasteiger partial charge in [-0.15, -0.1) is 0 Å². The third-order valence-corrected chi connectivity index (χ3v) is 8.36. The molecule has 226 valence electrons. The molecule has 0 bridgehead atoms. The molecule has 1 N–H and O–H groups in total. The first-order chi connectivity index (χ1) is 18.8. The van der Waals surface area contributed by atoms with E-state index in [-0.39, 0.29) is 23.0 Å². The summed E-state index contributed by atoms with van der Waals surface area (Å²) in [4.78, 5) is 0. The zero-order valence-corrected chi connectivity index (χ0v) is 30.3. The van der Waals surface area contributed by atoms with Gasteiger partial charge in [0.15, 0.2) is 18.1 Å². The maximum atomic E-state index is 9.95. The first-order valence-corrected chi connectivity index (χ1v) is 20.7. The average Bonchev–Trinajstić information content (AvgIpc) is 2.82. The highest BCUT2D eigenvalue weighted by Gasteiger charge is 2.35. The van der Waals surface area contributed by atoms with Crippen molar-refractivity contribution in [3.05, 3.63) is 88.5 Å². The minimum atomic E-state index is -1.31. The SMILES string of the molecule is C/C(=C\C=C\C(C)(C)O)c1cccc(/C=C/c2ccc(C(O[SiH](C)C)C(C)(C)C)c(C(O[SiH](C)C)C(C)(C)C)c2)c1. The smallest absolute Gasteiger partial charge is 0.171 e. The second-order valence-corrected chi connectivity index (χ2v) is 19.3. The van der Waals surface area contributed by atoms with Crippen molar-refractivity contribution in [2.75, 3.05) is 0 Å². The largest absolute Gasteiger partial charge is 0.413 e. The van der Waals surface area contributed by atoms with Crippen LogP contribution in [0.4, 0.5) is 0 Å². The highest BCUT2D eigenvalue weighted by Crippen LogP contribution is 2.45. The Bertz CT molecular complexity index is 1220. The van der Waals surface area contributed by atoms with Crippen LogP contribution in [0.1, 0.15) is 102 Å². The molecule has 2 atom stereocenters. The Morgan fingerprint density at radius 3 is 1.73 bits per heavy atom. The van der Waals surface area contributed by atoms with Gasteiger partial charge in [0.2, 0.25) is 0 Å². The van der Waals surface area contributed by atoms with Gasteiger partial charge >= 0.3 is 0 Å². The van der Waals surface area contributed by atoms with Gasteiger partial charge in [0.1, 0.15) is 0 Å². The molecule has 3 nitrogen and oxygen atoms in total. The number of allylic oxidation sites excluding steroid dienone is 3. The van der Waals surface area contributed by atoms with Gasteiger partial charge in [-0.2, -0.15) is 0 Å². The Labute approximate surface area is 254 Å². The first-order valence-electron chi connectivity index (χ1n) is 15.1. The van der Waals surface area contributed by atoms with Gasteiger partial charge in [-0.25, -0.2) is 0 Å². The molecule has 0 radical (unpaired) electrons. The van der Waals surface area contributed by atoms with Crippen LogP contribution in [0.5, 0.6) is 0 Å². The third kappa shape index (κ3) is 11.6. The zero-order valence-electron chi connectivity index (χ0n) is 28.0. The predicted molar refractivity (Wildman–Crippen MR) is 185 cm³/mol. The van der Waals surface area contributed by atoms with Crippen LogP contribution in [-0.2, 0) is 8.85 Å². The molecule has 0 aliphatic carbocycles. The maximum absolute atomic E-state index is 9.95. The molecule has 0 fully saturated rings. The fourth-order valence-corrected chi connectivity index (χ4v) is 7.00. The summed E-state index contributed by atoms with van der Waals surface area (Å²) in [5.74, 6) is 0. The lowest BCUT2D eigenvalue weighted by Crippen LogP contribution is -2.31. The van der Waals surface area contributed by atoms with Crippen LogP contribution >= 0.6 is 0 Å². The molecule has 0 saturated carbocycles. The van der Waals surface area contributed by atoms with E-state index in [4.69, 9.17) is 8.85 Å². The first kappa shape index (κ1) is 35.2. The summed E-state index contributed by atoms with van der Waals surface area (Å²) >= 11 is 0. The monoisotopic (exact) mass is 592 g/mol. The number of hydrogen-bond donors (Lipinski definition) is 1. The third-order valence-electron chi connectivity index (χ3n) is 6.73. The van der Waals surface area contributed by atoms with Crippen molar-refractivity contribution >= 4 is 35.8 Å². The zero-order chi connectivity index (χ0) is 31.2. The Kier molecular flexibility index (Phi) is 12.4. The molecule has 2 unspecified atom stereocenters. The summed E-state index contributed by atoms with van der Waals surface area (Å²) in [6, 6.07) is 15.4. The maximum Gasteiger partial charge on any atom is 0.171 e. The molecule has 0 amide bonds. The van der Waals surface area contributed by atoms with Crippen molar-refractivity contribution in [2.24, 2.45) is 10.8 Å². The van der Waals surface area contributed by atoms with Gasteiger partial charge < -0.3 is 14.0 Å². The fourth-order valence-electron chi connectivity index (χ4n) is 4.80. The molecular formula is C36H56O3Si2. The van der Waals surface area contributed by atoms with Gasteiger partial charge in [0.05, 0.1) is 17.8 Å². The molecule has 2 aromatic rings. The molecule has 2 rings (SSSR count). The number of hydrogen-bond acceptors (Lipinski definition) is 3. The van der Waals surface area contributed by atoms with E-state index in [0.717, 1.165) is 22.3 Å². The van der Waals surface area contributed by atoms with Crippen LogP contribution in [0.25, 0.3) is 17.7 Å². The van der Waals surface area contributed by atoms with Gasteiger partial charge in [-0.1, -0.05) is 102 Å². The van der Waals surface area contributed by atoms with Gasteiger partial charge in [-0.3, -0.25) is 0 Å². The second kappa shape index (κ2) is 14.4. The van der Waals surface area contributed by atoms with E-state index < -0.39 is 23.7 Å². The predicted octanol–water partition coefficient (Wildman–Crippen LogP) is 9.76. The summed E-state index contributed by atoms with van der Waals surface area (Å²) in [6.45, 7) is 28.3. The van der Waals surface area contributed by atoms with E-state index in [1.165, 1.54) is 11.1 Å². The number of aliphatic hydroxyl groups is 1. The highest BCUT2D eigenvalue weighted by molar-refractivity contribution is 6.48. The molecule has 0 saturated heterocycles. The van der Waals surface area contributed by atoms with Gasteiger partial charge in [0.25, 0.3) is 0 Å². The van der Waals surface area contributed by atoms with Crippen molar-refractivity contribution in [1.82, 2.24) is 0 Å². The van der Waals surface area contributed by atoms with E-state index in [1.54, 1.807) is 19.9 Å². The molecule has 41 heavy (non-hydrogen) atoms. The van der Waals surface area contributed by atoms with Gasteiger partial charge in [-0.05, 0) is 103 Å². The highest BCUT2D eigenvalue weighted by atomic mass is 28.3. The molecule has 0 aromatic heterocycles. The Morgan fingerprint density at radius 1 is 0.732 bits per heavy atom. The Morgan fingerprint density at radius 2 is 1.24 bits per heavy atom. The lowest BCUT2D eigenvalue weighted by molar-refractivity contribution is 0.0656. The minimum Gasteiger partial charge on any atom is -0.413 e. The normalized spacial score (nSPS) is 15.5. The molecule has 0 aliphatic rings. The van der Waals surface area contributed by atoms with Crippen molar-refractivity contribution in [1.29, 1.82) is 0 Å². The molecule has 0 aliphatic heterocycles. The summed E-state index contributed by atoms with van der Waals surface area (Å²) < 4.78 is 13.5. The average molecular weight is 593 g/mol. The molecule has 2 aromatic carbocycles. The fraction of sp³-hybridized carbons (Fsp3) is 0.500. The molecule has 0 heterocycles. The standard InChI is InChI=1S/C36H56O3Si2/c1-26(16-15-23-36(8,9)37)29-18-14-17-27(24-29)19-20-28-21-22-30(32(34(2,3)4)38-40(10)11)31(25-28)33(35(5,6)7)39-41(12)13/h14-25,32-33,37,40-41H,1-13H3/b20-19+,23-15+,26-16+. The Hall–Kier alpha value is -2.03. The van der Waals surface area contributed by atoms with Crippen molar-refractivity contribution in [3.63, 3.8) is 0 Å². The summed E-state index contributed by atoms with van der Waals surface area (Å²) in [5.41, 5.74) is 6.22. The van der Waals surface area contributed by atoms with Crippen molar-refractivity contribution in [2.45, 2.75) is 106 Å². The van der Waals surface area contributed by atoms with Crippen LogP contribution in [-0.4, -0.2) is 28.8 Å². The lowest BCUT2D eigenvalue weighted by atomic mass is 9.77. The quantitative estimate of drug-likeness (QED) is 0.160. The summed E-state index contributed by atoms with van der Waals surface area (Å²) in [5, 5.41) is 9.95. The minimum absolute atomic E-state index is 0.00661. The van der Waals surface area contributed by atoms with Crippen LogP contribution in [0.2, 0.25) is 26.2 Å². The van der Waals surface area contributed by atoms with Crippen LogP contribution in [0.15, 0.2) is 60.7 Å². The molecular weight excluding hydrogens is 537 g/mol. The Balaban J connectivity index is 2.57. The van der Waals surface area contributed by atoms with Gasteiger partial charge in [0, 0.05) is 0 Å². The van der Waals surface area contributed by atoms with Crippen LogP contribution < -0.4 is 0 Å². The second-order valence-electron chi connectivity index (χ2n) is 14.6. The summed E-state index contributed by atoms with van der Waals surface area (Å²) in [6.07, 6.45) is 10.2. The summed E-state index contributed by atoms with van der Waals surface area (Å²) in [7, 11) is -2.59. The van der Waals surface area contributed by atoms with E-state index in [2.05, 4.69) is 129 Å². The van der Waals surface area contributed by atoms with E-state index in [9.17, 15) is 5.11 Å². The molecule has 0 spiro atoms. The lowest BCUT2D eigenvalue weighted by Gasteiger charge is -2.39. The van der Waals surface area contributed by atoms with E-state index in [0.29, 0.717) is 0 Å². The number of benzene rings is 2. The van der Waals surface area contributed by atoms with Crippen molar-refractivity contribution < 1.29 is 14.0 Å². The topological polar surface area (TPSA) is 38.7 Å². The van der Waals surface area contributed by atoms with Crippen LogP contribution in [0, 0.1) is 10.8 Å². The van der Waals surface area contributed by atoms with E-state index in [1.807, 2.05) is 12.2 Å². The van der Waals surface area contributed by atoms with Crippen LogP contribution in [0.3, 0.4) is 0 Å². The van der Waals surface area contributed by atoms with E-state index >= 15 is 0 Å². The number of rotatable bonds is 11. The van der Waals surface area contributed by atoms with Crippen molar-refractivity contribution in [3.8, 4) is 0 Å². The molecule has 5 heteroatoms.